The predicted octanol–water partition coefficient (Wildman–Crippen LogP) is 4.95. The second kappa shape index (κ2) is 11.2. The van der Waals surface area contributed by atoms with Crippen LogP contribution in [-0.2, 0) is 14.3 Å². The number of aliphatic hydroxyl groups is 1. The molecule has 1 aliphatic heterocycles. The van der Waals surface area contributed by atoms with Gasteiger partial charge >= 0.3 is 0 Å². The monoisotopic (exact) mass is 523 g/mol. The molecule has 1 fully saturated rings. The largest absolute Gasteiger partial charge is 0.508 e. The molecule has 1 saturated heterocycles. The van der Waals surface area contributed by atoms with Gasteiger partial charge in [-0.3, -0.25) is 9.59 Å². The molecule has 188 valence electrons. The number of halogens is 2. The summed E-state index contributed by atoms with van der Waals surface area (Å²) in [5, 5.41) is 21.5. The topological polar surface area (TPSA) is 106 Å². The number of ether oxygens (including phenoxy) is 3. The molecule has 0 spiro atoms. The quantitative estimate of drug-likeness (QED) is 0.207. The number of aliphatic hydroxyl groups excluding tert-OH is 1. The summed E-state index contributed by atoms with van der Waals surface area (Å²) in [6, 6.07) is 6.54. The molecule has 1 unspecified atom stereocenters. The van der Waals surface area contributed by atoms with Crippen molar-refractivity contribution in [1.82, 2.24) is 4.90 Å². The van der Waals surface area contributed by atoms with Gasteiger partial charge in [-0.25, -0.2) is 0 Å². The average molecular weight is 524 g/mol. The van der Waals surface area contributed by atoms with Crippen molar-refractivity contribution in [3.05, 3.63) is 57.1 Å². The lowest BCUT2D eigenvalue weighted by molar-refractivity contribution is -0.140. The third-order valence-electron chi connectivity index (χ3n) is 5.52. The normalized spacial score (nSPS) is 17.3. The first-order chi connectivity index (χ1) is 16.6. The van der Waals surface area contributed by atoms with Crippen LogP contribution in [0, 0.1) is 0 Å². The van der Waals surface area contributed by atoms with E-state index in [0.717, 1.165) is 0 Å². The van der Waals surface area contributed by atoms with Crippen molar-refractivity contribution >= 4 is 40.7 Å². The summed E-state index contributed by atoms with van der Waals surface area (Å²) in [5.41, 5.74) is 0.288. The highest BCUT2D eigenvalue weighted by molar-refractivity contribution is 6.47. The van der Waals surface area contributed by atoms with E-state index in [1.165, 1.54) is 37.3 Å². The van der Waals surface area contributed by atoms with Gasteiger partial charge in [-0.2, -0.15) is 0 Å². The molecule has 10 heteroatoms. The number of likely N-dealkylation sites (tertiary alicyclic amines) is 1. The molecule has 0 aromatic heterocycles. The second-order valence-electron chi connectivity index (χ2n) is 8.15. The molecule has 0 saturated carbocycles. The highest BCUT2D eigenvalue weighted by atomic mass is 35.5. The molecule has 3 rings (SSSR count). The summed E-state index contributed by atoms with van der Waals surface area (Å²) in [6.07, 6.45) is 0.480. The first-order valence-electron chi connectivity index (χ1n) is 10.9. The van der Waals surface area contributed by atoms with Crippen molar-refractivity contribution in [3.8, 4) is 17.2 Å². The second-order valence-corrected chi connectivity index (χ2v) is 8.93. The molecule has 8 nitrogen and oxygen atoms in total. The molecule has 1 aliphatic rings. The van der Waals surface area contributed by atoms with Gasteiger partial charge in [0.05, 0.1) is 42.5 Å². The van der Waals surface area contributed by atoms with Crippen LogP contribution in [0.3, 0.4) is 0 Å². The van der Waals surface area contributed by atoms with Crippen molar-refractivity contribution in [2.75, 3.05) is 27.4 Å². The zero-order valence-electron chi connectivity index (χ0n) is 19.8. The summed E-state index contributed by atoms with van der Waals surface area (Å²) in [4.78, 5) is 27.6. The van der Waals surface area contributed by atoms with Crippen LogP contribution < -0.4 is 9.47 Å². The van der Waals surface area contributed by atoms with Crippen LogP contribution in [-0.4, -0.2) is 60.3 Å². The summed E-state index contributed by atoms with van der Waals surface area (Å²) in [6.45, 7) is 4.37. The number of nitrogens with zero attached hydrogens (tertiary/aromatic N) is 1. The number of Topliss-reactive ketones (excluding diaryl/α,β-unsaturated/α-hetero) is 1. The molecule has 1 heterocycles. The first-order valence-corrected chi connectivity index (χ1v) is 11.7. The van der Waals surface area contributed by atoms with E-state index < -0.39 is 23.5 Å². The number of methoxy groups -OCH3 is 2. The van der Waals surface area contributed by atoms with Crippen molar-refractivity contribution in [2.45, 2.75) is 32.4 Å². The molecule has 1 atom stereocenters. The molecule has 2 aromatic carbocycles. The fourth-order valence-electron chi connectivity index (χ4n) is 4.00. The van der Waals surface area contributed by atoms with Gasteiger partial charge in [0.15, 0.2) is 11.5 Å². The number of carbonyl (C=O) groups excluding carboxylic acids is 2. The summed E-state index contributed by atoms with van der Waals surface area (Å²) in [5.74, 6) is -2.07. The standard InChI is InChI=1S/C25H27Cl2NO7/c1-13(2)35-10-6-9-28-20(14-7-5-8-15(29)11-14)18(22(31)25(28)32)21(30)16-12-17(26)24(34-4)19(27)23(16)33-3/h5,7-8,11-13,20,29-30H,6,9-10H2,1-4H3/b21-18+. The molecule has 0 aliphatic carbocycles. The molecule has 0 bridgehead atoms. The van der Waals surface area contributed by atoms with E-state index in [9.17, 15) is 19.8 Å². The zero-order chi connectivity index (χ0) is 25.9. The van der Waals surface area contributed by atoms with Gasteiger partial charge in [0.1, 0.15) is 16.5 Å². The number of phenols is 1. The van der Waals surface area contributed by atoms with E-state index in [0.29, 0.717) is 18.6 Å². The van der Waals surface area contributed by atoms with Crippen molar-refractivity contribution < 1.29 is 34.0 Å². The Bertz CT molecular complexity index is 1160. The van der Waals surface area contributed by atoms with Gasteiger partial charge in [-0.15, -0.1) is 0 Å². The maximum Gasteiger partial charge on any atom is 0.295 e. The summed E-state index contributed by atoms with van der Waals surface area (Å²) in [7, 11) is 2.72. The Morgan fingerprint density at radius 3 is 2.40 bits per heavy atom. The SMILES string of the molecule is COc1c(Cl)cc(/C(O)=C2\C(=O)C(=O)N(CCCOC(C)C)C2c2cccc(O)c2)c(OC)c1Cl. The fraction of sp³-hybridized carbons (Fsp3) is 0.360. The fourth-order valence-corrected chi connectivity index (χ4v) is 4.68. The Labute approximate surface area is 213 Å². The number of carbonyl (C=O) groups is 2. The third-order valence-corrected chi connectivity index (χ3v) is 6.14. The minimum Gasteiger partial charge on any atom is -0.508 e. The highest BCUT2D eigenvalue weighted by Crippen LogP contribution is 2.47. The minimum absolute atomic E-state index is 0.00183. The van der Waals surface area contributed by atoms with Crippen molar-refractivity contribution in [3.63, 3.8) is 0 Å². The van der Waals surface area contributed by atoms with E-state index in [4.69, 9.17) is 37.4 Å². The van der Waals surface area contributed by atoms with Crippen LogP contribution in [0.15, 0.2) is 35.9 Å². The predicted molar refractivity (Wildman–Crippen MR) is 132 cm³/mol. The summed E-state index contributed by atoms with van der Waals surface area (Å²) >= 11 is 12.7. The van der Waals surface area contributed by atoms with Crippen LogP contribution in [0.4, 0.5) is 0 Å². The Morgan fingerprint density at radius 2 is 1.80 bits per heavy atom. The number of ketones is 1. The van der Waals surface area contributed by atoms with E-state index in [2.05, 4.69) is 0 Å². The molecular weight excluding hydrogens is 497 g/mol. The number of hydrogen-bond acceptors (Lipinski definition) is 7. The van der Waals surface area contributed by atoms with Gasteiger partial charge in [0, 0.05) is 13.2 Å². The van der Waals surface area contributed by atoms with E-state index >= 15 is 0 Å². The van der Waals surface area contributed by atoms with E-state index in [1.807, 2.05) is 13.8 Å². The van der Waals surface area contributed by atoms with E-state index in [1.54, 1.807) is 12.1 Å². The first kappa shape index (κ1) is 26.7. The molecule has 1 amide bonds. The maximum atomic E-state index is 13.2. The lowest BCUT2D eigenvalue weighted by atomic mass is 9.94. The Hall–Kier alpha value is -2.94. The zero-order valence-corrected chi connectivity index (χ0v) is 21.3. The van der Waals surface area contributed by atoms with Gasteiger partial charge in [0.2, 0.25) is 0 Å². The average Bonchev–Trinajstić information content (AvgIpc) is 3.06. The third kappa shape index (κ3) is 5.34. The number of benzene rings is 2. The summed E-state index contributed by atoms with van der Waals surface area (Å²) < 4.78 is 16.1. The van der Waals surface area contributed by atoms with Gasteiger partial charge in [-0.05, 0) is 44.0 Å². The van der Waals surface area contributed by atoms with Crippen LogP contribution >= 0.6 is 23.2 Å². The van der Waals surface area contributed by atoms with Gasteiger partial charge in [-0.1, -0.05) is 35.3 Å². The number of aromatic hydroxyl groups is 1. The van der Waals surface area contributed by atoms with Crippen LogP contribution in [0.5, 0.6) is 17.2 Å². The molecule has 0 radical (unpaired) electrons. The van der Waals surface area contributed by atoms with Gasteiger partial charge in [0.25, 0.3) is 11.7 Å². The number of rotatable bonds is 9. The Balaban J connectivity index is 2.18. The van der Waals surface area contributed by atoms with Crippen molar-refractivity contribution in [2.24, 2.45) is 0 Å². The maximum absolute atomic E-state index is 13.2. The minimum atomic E-state index is -0.967. The van der Waals surface area contributed by atoms with E-state index in [-0.39, 0.29) is 51.1 Å². The highest BCUT2D eigenvalue weighted by Gasteiger charge is 2.46. The Morgan fingerprint density at radius 1 is 1.11 bits per heavy atom. The molecule has 2 aromatic rings. The smallest absolute Gasteiger partial charge is 0.295 e. The number of hydrogen-bond donors (Lipinski definition) is 2. The lowest BCUT2D eigenvalue weighted by Crippen LogP contribution is -2.31. The van der Waals surface area contributed by atoms with Crippen LogP contribution in [0.2, 0.25) is 10.0 Å². The van der Waals surface area contributed by atoms with Crippen LogP contribution in [0.1, 0.15) is 37.4 Å². The van der Waals surface area contributed by atoms with Crippen molar-refractivity contribution in [1.29, 1.82) is 0 Å². The molecule has 2 N–H and O–H groups in total. The van der Waals surface area contributed by atoms with Crippen LogP contribution in [0.25, 0.3) is 5.76 Å². The number of amides is 1. The number of phenolic OH excluding ortho intramolecular Hbond substituents is 1. The van der Waals surface area contributed by atoms with Gasteiger partial charge < -0.3 is 29.3 Å². The molecule has 35 heavy (non-hydrogen) atoms. The lowest BCUT2D eigenvalue weighted by Gasteiger charge is -2.26. The Kier molecular flexibility index (Phi) is 8.53. The molecular formula is C25H27Cl2NO7.